The quantitative estimate of drug-likeness (QED) is 0.691. The predicted octanol–water partition coefficient (Wildman–Crippen LogP) is 1.34. The van der Waals surface area contributed by atoms with Crippen LogP contribution in [0.25, 0.3) is 0 Å². The Hall–Kier alpha value is -0.120. The number of aliphatic hydroxyl groups is 2. The van der Waals surface area contributed by atoms with E-state index in [4.69, 9.17) is 16.7 Å². The van der Waals surface area contributed by atoms with Gasteiger partial charge >= 0.3 is 0 Å². The lowest BCUT2D eigenvalue weighted by atomic mass is 9.87. The predicted molar refractivity (Wildman–Crippen MR) is 56.4 cm³/mol. The van der Waals surface area contributed by atoms with Gasteiger partial charge in [-0.3, -0.25) is 4.79 Å². The lowest BCUT2D eigenvalue weighted by Crippen LogP contribution is -2.27. The van der Waals surface area contributed by atoms with Crippen molar-refractivity contribution < 1.29 is 15.0 Å². The molecule has 0 aromatic rings. The van der Waals surface area contributed by atoms with Crippen molar-refractivity contribution in [2.75, 3.05) is 5.88 Å². The molecular weight excluding hydrogens is 204 g/mol. The van der Waals surface area contributed by atoms with Crippen LogP contribution in [-0.4, -0.2) is 34.1 Å². The van der Waals surface area contributed by atoms with Gasteiger partial charge in [0.2, 0.25) is 0 Å². The summed E-state index contributed by atoms with van der Waals surface area (Å²) in [6.45, 7) is 5.42. The summed E-state index contributed by atoms with van der Waals surface area (Å²) in [4.78, 5) is 11.5. The van der Waals surface area contributed by atoms with Crippen molar-refractivity contribution in [1.82, 2.24) is 0 Å². The van der Waals surface area contributed by atoms with Gasteiger partial charge in [0.1, 0.15) is 5.78 Å². The van der Waals surface area contributed by atoms with Crippen LogP contribution in [-0.2, 0) is 4.79 Å². The molecule has 0 radical (unpaired) electrons. The Balaban J connectivity index is 3.95. The van der Waals surface area contributed by atoms with E-state index in [-0.39, 0.29) is 24.5 Å². The molecule has 0 aromatic heterocycles. The SMILES string of the molecule is CC(C)(C)C(=O)C[C@@H](O)C[C@H](O)CCl. The number of rotatable bonds is 5. The monoisotopic (exact) mass is 222 g/mol. The molecule has 0 rings (SSSR count). The number of ketones is 1. The number of alkyl halides is 1. The Labute approximate surface area is 90.1 Å². The molecular formula is C10H19ClO3. The van der Waals surface area contributed by atoms with Gasteiger partial charge in [-0.1, -0.05) is 20.8 Å². The first-order valence-electron chi connectivity index (χ1n) is 4.72. The molecule has 84 valence electrons. The van der Waals surface area contributed by atoms with Crippen LogP contribution in [0.3, 0.4) is 0 Å². The van der Waals surface area contributed by atoms with E-state index in [0.717, 1.165) is 0 Å². The van der Waals surface area contributed by atoms with E-state index in [9.17, 15) is 9.90 Å². The van der Waals surface area contributed by atoms with Crippen LogP contribution < -0.4 is 0 Å². The number of halogens is 1. The van der Waals surface area contributed by atoms with E-state index in [0.29, 0.717) is 0 Å². The Bertz CT molecular complexity index is 186. The van der Waals surface area contributed by atoms with Crippen LogP contribution in [0, 0.1) is 5.41 Å². The summed E-state index contributed by atoms with van der Waals surface area (Å²) in [6, 6.07) is 0. The lowest BCUT2D eigenvalue weighted by Gasteiger charge is -2.20. The number of aliphatic hydroxyl groups excluding tert-OH is 2. The molecule has 0 aromatic carbocycles. The van der Waals surface area contributed by atoms with Gasteiger partial charge in [0.15, 0.2) is 0 Å². The summed E-state index contributed by atoms with van der Waals surface area (Å²) in [5, 5.41) is 18.6. The van der Waals surface area contributed by atoms with Crippen molar-refractivity contribution in [2.45, 2.75) is 45.8 Å². The molecule has 0 saturated heterocycles. The van der Waals surface area contributed by atoms with Crippen LogP contribution in [0.5, 0.6) is 0 Å². The van der Waals surface area contributed by atoms with Gasteiger partial charge < -0.3 is 10.2 Å². The first-order valence-corrected chi connectivity index (χ1v) is 5.26. The highest BCUT2D eigenvalue weighted by Crippen LogP contribution is 2.19. The molecule has 14 heavy (non-hydrogen) atoms. The Morgan fingerprint density at radius 1 is 1.29 bits per heavy atom. The number of carbonyl (C=O) groups is 1. The largest absolute Gasteiger partial charge is 0.393 e. The maximum Gasteiger partial charge on any atom is 0.140 e. The van der Waals surface area contributed by atoms with Crippen molar-refractivity contribution in [3.63, 3.8) is 0 Å². The molecule has 0 aliphatic carbocycles. The van der Waals surface area contributed by atoms with Gasteiger partial charge in [0, 0.05) is 24.1 Å². The molecule has 0 amide bonds. The molecule has 3 nitrogen and oxygen atoms in total. The maximum absolute atomic E-state index is 11.5. The van der Waals surface area contributed by atoms with Crippen LogP contribution in [0.1, 0.15) is 33.6 Å². The third-order valence-corrected chi connectivity index (χ3v) is 2.34. The fourth-order valence-corrected chi connectivity index (χ4v) is 1.11. The molecule has 2 N–H and O–H groups in total. The summed E-state index contributed by atoms with van der Waals surface area (Å²) in [5.41, 5.74) is -0.438. The summed E-state index contributed by atoms with van der Waals surface area (Å²) in [6.07, 6.45) is -1.29. The third-order valence-electron chi connectivity index (χ3n) is 1.98. The van der Waals surface area contributed by atoms with Crippen molar-refractivity contribution in [1.29, 1.82) is 0 Å². The summed E-state index contributed by atoms with van der Waals surface area (Å²) in [7, 11) is 0. The molecule has 0 heterocycles. The van der Waals surface area contributed by atoms with Crippen LogP contribution in [0.15, 0.2) is 0 Å². The fraction of sp³-hybridized carbons (Fsp3) is 0.900. The van der Waals surface area contributed by atoms with Crippen molar-refractivity contribution in [2.24, 2.45) is 5.41 Å². The summed E-state index contributed by atoms with van der Waals surface area (Å²) >= 11 is 5.38. The van der Waals surface area contributed by atoms with Gasteiger partial charge in [-0.2, -0.15) is 0 Å². The molecule has 0 aliphatic heterocycles. The average Bonchev–Trinajstić information content (AvgIpc) is 2.02. The van der Waals surface area contributed by atoms with E-state index >= 15 is 0 Å². The molecule has 4 heteroatoms. The third kappa shape index (κ3) is 5.58. The number of hydrogen-bond donors (Lipinski definition) is 2. The van der Waals surface area contributed by atoms with Crippen LogP contribution >= 0.6 is 11.6 Å². The minimum Gasteiger partial charge on any atom is -0.393 e. The molecule has 0 unspecified atom stereocenters. The van der Waals surface area contributed by atoms with E-state index < -0.39 is 17.6 Å². The first kappa shape index (κ1) is 13.9. The van der Waals surface area contributed by atoms with Crippen molar-refractivity contribution in [3.05, 3.63) is 0 Å². The second-order valence-electron chi connectivity index (χ2n) is 4.57. The molecule has 0 spiro atoms. The average molecular weight is 223 g/mol. The van der Waals surface area contributed by atoms with Gasteiger partial charge in [0.25, 0.3) is 0 Å². The van der Waals surface area contributed by atoms with Gasteiger partial charge in [-0.15, -0.1) is 11.6 Å². The minimum atomic E-state index is -0.796. The van der Waals surface area contributed by atoms with Gasteiger partial charge in [0.05, 0.1) is 12.2 Å². The highest BCUT2D eigenvalue weighted by molar-refractivity contribution is 6.18. The number of hydrogen-bond acceptors (Lipinski definition) is 3. The zero-order valence-electron chi connectivity index (χ0n) is 8.96. The Morgan fingerprint density at radius 2 is 1.79 bits per heavy atom. The summed E-state index contributed by atoms with van der Waals surface area (Å²) < 4.78 is 0. The number of carbonyl (C=O) groups excluding carboxylic acids is 1. The molecule has 0 bridgehead atoms. The van der Waals surface area contributed by atoms with E-state index in [1.807, 2.05) is 0 Å². The van der Waals surface area contributed by atoms with E-state index in [1.165, 1.54) is 0 Å². The fourth-order valence-electron chi connectivity index (χ4n) is 0.981. The first-order chi connectivity index (χ1) is 6.27. The van der Waals surface area contributed by atoms with Crippen molar-refractivity contribution in [3.8, 4) is 0 Å². The van der Waals surface area contributed by atoms with Crippen molar-refractivity contribution >= 4 is 17.4 Å². The molecule has 0 saturated carbocycles. The zero-order valence-corrected chi connectivity index (χ0v) is 9.71. The smallest absolute Gasteiger partial charge is 0.140 e. The van der Waals surface area contributed by atoms with E-state index in [1.54, 1.807) is 20.8 Å². The van der Waals surface area contributed by atoms with Gasteiger partial charge in [-0.25, -0.2) is 0 Å². The van der Waals surface area contributed by atoms with Gasteiger partial charge in [-0.05, 0) is 0 Å². The minimum absolute atomic E-state index is 0.00762. The van der Waals surface area contributed by atoms with Crippen LogP contribution in [0.4, 0.5) is 0 Å². The molecule has 2 atom stereocenters. The summed E-state index contributed by atoms with van der Waals surface area (Å²) in [5.74, 6) is 0.0765. The highest BCUT2D eigenvalue weighted by Gasteiger charge is 2.24. The second-order valence-corrected chi connectivity index (χ2v) is 4.88. The van der Waals surface area contributed by atoms with E-state index in [2.05, 4.69) is 0 Å². The Morgan fingerprint density at radius 3 is 2.14 bits per heavy atom. The van der Waals surface area contributed by atoms with Crippen LogP contribution in [0.2, 0.25) is 0 Å². The molecule has 0 fully saturated rings. The lowest BCUT2D eigenvalue weighted by molar-refractivity contribution is -0.128. The second kappa shape index (κ2) is 5.69. The highest BCUT2D eigenvalue weighted by atomic mass is 35.5. The zero-order chi connectivity index (χ0) is 11.4. The standard InChI is InChI=1S/C10H19ClO3/c1-10(2,3)9(14)5-7(12)4-8(13)6-11/h7-8,12-13H,4-6H2,1-3H3/t7-,8-/m0/s1. The topological polar surface area (TPSA) is 57.5 Å². The Kier molecular flexibility index (Phi) is 5.64. The maximum atomic E-state index is 11.5. The normalized spacial score (nSPS) is 16.4. The molecule has 0 aliphatic rings. The number of Topliss-reactive ketones (excluding diaryl/α,β-unsaturated/α-hetero) is 1.